The second-order valence-corrected chi connectivity index (χ2v) is 4.20. The van der Waals surface area contributed by atoms with Crippen molar-refractivity contribution < 1.29 is 15.0 Å². The number of hydrogen-bond donors (Lipinski definition) is 3. The maximum absolute atomic E-state index is 11.3. The Labute approximate surface area is 86.5 Å². The minimum absolute atomic E-state index is 0.179. The van der Waals surface area contributed by atoms with E-state index in [1.54, 1.807) is 0 Å². The summed E-state index contributed by atoms with van der Waals surface area (Å²) < 4.78 is 0. The van der Waals surface area contributed by atoms with Gasteiger partial charge in [0.05, 0.1) is 24.1 Å². The molecule has 0 aromatic heterocycles. The van der Waals surface area contributed by atoms with Crippen LogP contribution in [0.4, 0.5) is 0 Å². The number of amides is 1. The van der Waals surface area contributed by atoms with Gasteiger partial charge in [-0.05, 0) is 5.92 Å². The molecule has 0 fully saturated rings. The molecule has 13 heavy (non-hydrogen) atoms. The summed E-state index contributed by atoms with van der Waals surface area (Å²) >= 11 is 3.22. The zero-order valence-corrected chi connectivity index (χ0v) is 9.41. The Morgan fingerprint density at radius 2 is 1.85 bits per heavy atom. The molecule has 0 aliphatic rings. The number of nitrogens with one attached hydrogen (secondary N) is 1. The van der Waals surface area contributed by atoms with E-state index in [1.165, 1.54) is 0 Å². The molecule has 0 saturated carbocycles. The molecule has 0 aromatic rings. The molecule has 3 N–H and O–H groups in total. The van der Waals surface area contributed by atoms with Crippen molar-refractivity contribution in [2.75, 3.05) is 13.2 Å². The van der Waals surface area contributed by atoms with Gasteiger partial charge in [0.15, 0.2) is 0 Å². The molecule has 4 nitrogen and oxygen atoms in total. The van der Waals surface area contributed by atoms with Gasteiger partial charge < -0.3 is 15.5 Å². The fraction of sp³-hybridized carbons (Fsp3) is 0.875. The molecule has 78 valence electrons. The summed E-state index contributed by atoms with van der Waals surface area (Å²) in [7, 11) is 0. The van der Waals surface area contributed by atoms with Crippen LogP contribution in [0.3, 0.4) is 0 Å². The molecule has 0 spiro atoms. The van der Waals surface area contributed by atoms with Crippen LogP contribution in [0.2, 0.25) is 0 Å². The maximum Gasteiger partial charge on any atom is 0.234 e. The fourth-order valence-corrected chi connectivity index (χ4v) is 0.865. The summed E-state index contributed by atoms with van der Waals surface area (Å²) in [5.74, 6) is -0.0267. The van der Waals surface area contributed by atoms with Gasteiger partial charge in [-0.2, -0.15) is 0 Å². The molecular formula is C8H16BrNO3. The molecule has 1 atom stereocenters. The monoisotopic (exact) mass is 253 g/mol. The summed E-state index contributed by atoms with van der Waals surface area (Å²) in [6.07, 6.45) is 0. The third kappa shape index (κ3) is 4.59. The Hall–Kier alpha value is -0.130. The molecule has 0 aliphatic heterocycles. The van der Waals surface area contributed by atoms with Crippen LogP contribution in [0.1, 0.15) is 13.8 Å². The van der Waals surface area contributed by atoms with E-state index in [1.807, 2.05) is 13.8 Å². The SMILES string of the molecule is CC(C)C(Br)C(=O)NC(CO)CO. The van der Waals surface area contributed by atoms with Crippen molar-refractivity contribution in [3.63, 3.8) is 0 Å². The van der Waals surface area contributed by atoms with Crippen molar-refractivity contribution >= 4 is 21.8 Å². The first kappa shape index (κ1) is 12.9. The summed E-state index contributed by atoms with van der Waals surface area (Å²) in [5.41, 5.74) is 0. The van der Waals surface area contributed by atoms with Crippen molar-refractivity contribution in [1.82, 2.24) is 5.32 Å². The highest BCUT2D eigenvalue weighted by atomic mass is 79.9. The number of alkyl halides is 1. The highest BCUT2D eigenvalue weighted by Gasteiger charge is 2.20. The van der Waals surface area contributed by atoms with E-state index in [4.69, 9.17) is 10.2 Å². The average Bonchev–Trinajstić information content (AvgIpc) is 2.12. The predicted octanol–water partition coefficient (Wildman–Crippen LogP) is -0.125. The van der Waals surface area contributed by atoms with Gasteiger partial charge in [0, 0.05) is 0 Å². The quantitative estimate of drug-likeness (QED) is 0.599. The van der Waals surface area contributed by atoms with Gasteiger partial charge in [-0.1, -0.05) is 29.8 Å². The molecule has 0 rings (SSSR count). The van der Waals surface area contributed by atoms with Gasteiger partial charge in [-0.3, -0.25) is 4.79 Å². The summed E-state index contributed by atoms with van der Waals surface area (Å²) in [6, 6.07) is -0.564. The number of aliphatic hydroxyl groups is 2. The van der Waals surface area contributed by atoms with Gasteiger partial charge in [-0.25, -0.2) is 0 Å². The summed E-state index contributed by atoms with van der Waals surface area (Å²) in [6.45, 7) is 3.32. The predicted molar refractivity (Wildman–Crippen MR) is 53.7 cm³/mol. The van der Waals surface area contributed by atoms with Crippen molar-refractivity contribution in [3.05, 3.63) is 0 Å². The third-order valence-corrected chi connectivity index (χ3v) is 3.10. The topological polar surface area (TPSA) is 69.6 Å². The van der Waals surface area contributed by atoms with Gasteiger partial charge in [-0.15, -0.1) is 0 Å². The number of aliphatic hydroxyl groups excluding tert-OH is 2. The van der Waals surface area contributed by atoms with E-state index < -0.39 is 6.04 Å². The zero-order valence-electron chi connectivity index (χ0n) is 7.83. The standard InChI is InChI=1S/C8H16BrNO3/c1-5(2)7(9)8(13)10-6(3-11)4-12/h5-7,11-12H,3-4H2,1-2H3,(H,10,13). The fourth-order valence-electron chi connectivity index (χ4n) is 0.733. The molecule has 0 heterocycles. The Morgan fingerprint density at radius 3 is 2.15 bits per heavy atom. The van der Waals surface area contributed by atoms with E-state index >= 15 is 0 Å². The highest BCUT2D eigenvalue weighted by molar-refractivity contribution is 9.10. The van der Waals surface area contributed by atoms with Crippen LogP contribution in [-0.4, -0.2) is 40.2 Å². The number of carbonyl (C=O) groups is 1. The summed E-state index contributed by atoms with van der Waals surface area (Å²) in [4.78, 5) is 11.0. The smallest absolute Gasteiger partial charge is 0.234 e. The molecule has 1 amide bonds. The molecule has 0 bridgehead atoms. The van der Waals surface area contributed by atoms with E-state index in [-0.39, 0.29) is 29.9 Å². The Morgan fingerprint density at radius 1 is 1.38 bits per heavy atom. The first-order valence-corrected chi connectivity index (χ1v) is 5.10. The minimum atomic E-state index is -0.564. The molecule has 5 heteroatoms. The van der Waals surface area contributed by atoms with Crippen LogP contribution in [0.25, 0.3) is 0 Å². The number of halogens is 1. The minimum Gasteiger partial charge on any atom is -0.394 e. The van der Waals surface area contributed by atoms with E-state index in [2.05, 4.69) is 21.2 Å². The molecular weight excluding hydrogens is 238 g/mol. The van der Waals surface area contributed by atoms with Gasteiger partial charge in [0.1, 0.15) is 0 Å². The molecule has 0 saturated heterocycles. The largest absolute Gasteiger partial charge is 0.394 e. The molecule has 0 aliphatic carbocycles. The van der Waals surface area contributed by atoms with Gasteiger partial charge >= 0.3 is 0 Å². The normalized spacial score (nSPS) is 13.5. The van der Waals surface area contributed by atoms with Crippen molar-refractivity contribution in [2.24, 2.45) is 5.92 Å². The lowest BCUT2D eigenvalue weighted by molar-refractivity contribution is -0.122. The summed E-state index contributed by atoms with van der Waals surface area (Å²) in [5, 5.41) is 19.9. The third-order valence-electron chi connectivity index (χ3n) is 1.62. The van der Waals surface area contributed by atoms with Gasteiger partial charge in [0.25, 0.3) is 0 Å². The average molecular weight is 254 g/mol. The van der Waals surface area contributed by atoms with Crippen LogP contribution in [0.5, 0.6) is 0 Å². The lowest BCUT2D eigenvalue weighted by atomic mass is 10.1. The van der Waals surface area contributed by atoms with Crippen molar-refractivity contribution in [1.29, 1.82) is 0 Å². The first-order valence-electron chi connectivity index (χ1n) is 4.19. The second kappa shape index (κ2) is 6.34. The number of hydrogen-bond acceptors (Lipinski definition) is 3. The lowest BCUT2D eigenvalue weighted by Crippen LogP contribution is -2.44. The molecule has 1 unspecified atom stereocenters. The Bertz CT molecular complexity index is 159. The van der Waals surface area contributed by atoms with Crippen molar-refractivity contribution in [2.45, 2.75) is 24.7 Å². The van der Waals surface area contributed by atoms with Crippen LogP contribution >= 0.6 is 15.9 Å². The molecule has 0 aromatic carbocycles. The molecule has 0 radical (unpaired) electrons. The van der Waals surface area contributed by atoms with Crippen LogP contribution in [0.15, 0.2) is 0 Å². The number of carbonyl (C=O) groups excluding carboxylic acids is 1. The first-order chi connectivity index (χ1) is 6.02. The Kier molecular flexibility index (Phi) is 6.28. The number of rotatable bonds is 5. The van der Waals surface area contributed by atoms with Crippen LogP contribution in [-0.2, 0) is 4.79 Å². The van der Waals surface area contributed by atoms with E-state index in [0.717, 1.165) is 0 Å². The Balaban J connectivity index is 3.98. The second-order valence-electron chi connectivity index (χ2n) is 3.22. The zero-order chi connectivity index (χ0) is 10.4. The van der Waals surface area contributed by atoms with E-state index in [9.17, 15) is 4.79 Å². The highest BCUT2D eigenvalue weighted by Crippen LogP contribution is 2.11. The maximum atomic E-state index is 11.3. The van der Waals surface area contributed by atoms with Crippen LogP contribution in [0, 0.1) is 5.92 Å². The van der Waals surface area contributed by atoms with Crippen LogP contribution < -0.4 is 5.32 Å². The van der Waals surface area contributed by atoms with Gasteiger partial charge in [0.2, 0.25) is 5.91 Å². The van der Waals surface area contributed by atoms with Crippen molar-refractivity contribution in [3.8, 4) is 0 Å². The lowest BCUT2D eigenvalue weighted by Gasteiger charge is -2.18. The van der Waals surface area contributed by atoms with E-state index in [0.29, 0.717) is 0 Å².